The molecule has 3 nitrogen and oxygen atoms in total. The molecule has 0 aliphatic carbocycles. The first-order chi connectivity index (χ1) is 8.97. The molecule has 19 heavy (non-hydrogen) atoms. The smallest absolute Gasteiger partial charge is 0.275 e. The molecule has 0 spiro atoms. The molecule has 98 valence electrons. The molecule has 0 aliphatic rings. The number of aromatic nitrogens is 1. The highest BCUT2D eigenvalue weighted by molar-refractivity contribution is 6.35. The third-order valence-corrected chi connectivity index (χ3v) is 3.01. The highest BCUT2D eigenvalue weighted by Gasteiger charge is 2.13. The van der Waals surface area contributed by atoms with Crippen molar-refractivity contribution in [2.45, 2.75) is 0 Å². The Hall–Kier alpha value is -1.36. The summed E-state index contributed by atoms with van der Waals surface area (Å²) in [6.07, 6.45) is 0. The van der Waals surface area contributed by atoms with Crippen molar-refractivity contribution in [1.82, 2.24) is 4.98 Å². The number of amides is 1. The Bertz CT molecular complexity index is 649. The predicted molar refractivity (Wildman–Crippen MR) is 73.6 cm³/mol. The molecule has 0 bridgehead atoms. The number of nitrogens with zero attached hydrogens (tertiary/aromatic N) is 1. The Morgan fingerprint density at radius 2 is 1.84 bits per heavy atom. The van der Waals surface area contributed by atoms with Gasteiger partial charge in [-0.15, -0.1) is 0 Å². The Morgan fingerprint density at radius 1 is 1.11 bits per heavy atom. The van der Waals surface area contributed by atoms with E-state index in [1.165, 1.54) is 24.3 Å². The first-order valence-electron chi connectivity index (χ1n) is 5.06. The van der Waals surface area contributed by atoms with Crippen molar-refractivity contribution in [2.24, 2.45) is 0 Å². The topological polar surface area (TPSA) is 42.0 Å². The predicted octanol–water partition coefficient (Wildman–Crippen LogP) is 4.43. The fourth-order valence-corrected chi connectivity index (χ4v) is 1.86. The molecule has 1 aromatic carbocycles. The van der Waals surface area contributed by atoms with Crippen molar-refractivity contribution in [3.05, 3.63) is 57.0 Å². The van der Waals surface area contributed by atoms with E-state index in [0.29, 0.717) is 5.69 Å². The second-order valence-corrected chi connectivity index (χ2v) is 4.75. The number of carbonyl (C=O) groups excluding carboxylic acids is 1. The van der Waals surface area contributed by atoms with Crippen molar-refractivity contribution in [1.29, 1.82) is 0 Å². The number of hydrogen-bond donors (Lipinski definition) is 1. The quantitative estimate of drug-likeness (QED) is 0.832. The summed E-state index contributed by atoms with van der Waals surface area (Å²) in [5.41, 5.74) is 0.309. The van der Waals surface area contributed by atoms with E-state index < -0.39 is 11.7 Å². The average molecular weight is 320 g/mol. The van der Waals surface area contributed by atoms with E-state index in [9.17, 15) is 9.18 Å². The highest BCUT2D eigenvalue weighted by atomic mass is 35.5. The largest absolute Gasteiger partial charge is 0.321 e. The van der Waals surface area contributed by atoms with Crippen LogP contribution >= 0.6 is 34.8 Å². The standard InChI is InChI=1S/C12H6Cl3FN2O/c13-7-2-4-10(15)18-11(7)12(19)17-6-1-3-9(16)8(14)5-6/h1-5H,(H,17,19). The number of rotatable bonds is 2. The maximum Gasteiger partial charge on any atom is 0.275 e. The monoisotopic (exact) mass is 318 g/mol. The lowest BCUT2D eigenvalue weighted by molar-refractivity contribution is 0.102. The molecule has 1 amide bonds. The zero-order valence-corrected chi connectivity index (χ0v) is 11.5. The van der Waals surface area contributed by atoms with E-state index in [0.717, 1.165) is 6.07 Å². The Kier molecular flexibility index (Phi) is 4.24. The van der Waals surface area contributed by atoms with Gasteiger partial charge in [-0.3, -0.25) is 4.79 Å². The molecule has 0 fully saturated rings. The highest BCUT2D eigenvalue weighted by Crippen LogP contribution is 2.21. The van der Waals surface area contributed by atoms with E-state index in [-0.39, 0.29) is 20.9 Å². The van der Waals surface area contributed by atoms with E-state index in [2.05, 4.69) is 10.3 Å². The van der Waals surface area contributed by atoms with E-state index in [1.807, 2.05) is 0 Å². The van der Waals surface area contributed by atoms with Gasteiger partial charge < -0.3 is 5.32 Å². The summed E-state index contributed by atoms with van der Waals surface area (Å²) in [4.78, 5) is 15.8. The molecule has 0 atom stereocenters. The van der Waals surface area contributed by atoms with Crippen LogP contribution in [0.5, 0.6) is 0 Å². The van der Waals surface area contributed by atoms with Crippen LogP contribution in [0.3, 0.4) is 0 Å². The number of benzene rings is 1. The van der Waals surface area contributed by atoms with Crippen LogP contribution in [0.25, 0.3) is 0 Å². The SMILES string of the molecule is O=C(Nc1ccc(F)c(Cl)c1)c1nc(Cl)ccc1Cl. The molecular weight excluding hydrogens is 314 g/mol. The van der Waals surface area contributed by atoms with Gasteiger partial charge in [-0.05, 0) is 30.3 Å². The molecule has 1 N–H and O–H groups in total. The lowest BCUT2D eigenvalue weighted by Gasteiger charge is -2.07. The fraction of sp³-hybridized carbons (Fsp3) is 0. The van der Waals surface area contributed by atoms with Crippen LogP contribution in [-0.4, -0.2) is 10.9 Å². The lowest BCUT2D eigenvalue weighted by Crippen LogP contribution is -2.14. The van der Waals surface area contributed by atoms with Gasteiger partial charge >= 0.3 is 0 Å². The first-order valence-corrected chi connectivity index (χ1v) is 6.19. The van der Waals surface area contributed by atoms with Gasteiger partial charge in [0.2, 0.25) is 0 Å². The minimum atomic E-state index is -0.571. The minimum absolute atomic E-state index is 0.0189. The average Bonchev–Trinajstić information content (AvgIpc) is 2.36. The molecule has 0 radical (unpaired) electrons. The minimum Gasteiger partial charge on any atom is -0.321 e. The third kappa shape index (κ3) is 3.35. The normalized spacial score (nSPS) is 10.3. The van der Waals surface area contributed by atoms with Crippen molar-refractivity contribution < 1.29 is 9.18 Å². The molecule has 0 unspecified atom stereocenters. The molecule has 0 saturated heterocycles. The fourth-order valence-electron chi connectivity index (χ4n) is 1.34. The van der Waals surface area contributed by atoms with Crippen molar-refractivity contribution in [3.63, 3.8) is 0 Å². The molecule has 0 aliphatic heterocycles. The van der Waals surface area contributed by atoms with Crippen LogP contribution in [-0.2, 0) is 0 Å². The van der Waals surface area contributed by atoms with Gasteiger partial charge in [0, 0.05) is 5.69 Å². The molecular formula is C12H6Cl3FN2O. The van der Waals surface area contributed by atoms with E-state index in [4.69, 9.17) is 34.8 Å². The van der Waals surface area contributed by atoms with Gasteiger partial charge in [-0.1, -0.05) is 34.8 Å². The van der Waals surface area contributed by atoms with Gasteiger partial charge in [0.15, 0.2) is 0 Å². The number of hydrogen-bond acceptors (Lipinski definition) is 2. The number of nitrogens with one attached hydrogen (secondary N) is 1. The summed E-state index contributed by atoms with van der Waals surface area (Å²) in [6, 6.07) is 6.73. The molecule has 1 heterocycles. The lowest BCUT2D eigenvalue weighted by atomic mass is 10.3. The van der Waals surface area contributed by atoms with Crippen LogP contribution in [0.15, 0.2) is 30.3 Å². The molecule has 7 heteroatoms. The van der Waals surface area contributed by atoms with Gasteiger partial charge in [-0.25, -0.2) is 9.37 Å². The third-order valence-electron chi connectivity index (χ3n) is 2.20. The summed E-state index contributed by atoms with van der Waals surface area (Å²) in [5, 5.41) is 2.71. The molecule has 1 aromatic heterocycles. The van der Waals surface area contributed by atoms with Crippen molar-refractivity contribution in [3.8, 4) is 0 Å². The number of carbonyl (C=O) groups is 1. The maximum atomic E-state index is 13.0. The van der Waals surface area contributed by atoms with E-state index >= 15 is 0 Å². The van der Waals surface area contributed by atoms with Crippen molar-refractivity contribution in [2.75, 3.05) is 5.32 Å². The van der Waals surface area contributed by atoms with Gasteiger partial charge in [0.1, 0.15) is 16.7 Å². The molecule has 0 saturated carbocycles. The molecule has 2 rings (SSSR count). The zero-order valence-electron chi connectivity index (χ0n) is 9.25. The summed E-state index contributed by atoms with van der Waals surface area (Å²) >= 11 is 17.1. The molecule has 2 aromatic rings. The Morgan fingerprint density at radius 3 is 2.53 bits per heavy atom. The first kappa shape index (κ1) is 14.1. The van der Waals surface area contributed by atoms with Gasteiger partial charge in [0.05, 0.1) is 10.0 Å². The number of halogens is 4. The number of anilines is 1. The number of pyridine rings is 1. The van der Waals surface area contributed by atoms with Crippen LogP contribution in [0.2, 0.25) is 15.2 Å². The zero-order chi connectivity index (χ0) is 14.0. The second-order valence-electron chi connectivity index (χ2n) is 3.55. The van der Waals surface area contributed by atoms with E-state index in [1.54, 1.807) is 0 Å². The van der Waals surface area contributed by atoms with Gasteiger partial charge in [0.25, 0.3) is 5.91 Å². The summed E-state index contributed by atoms with van der Waals surface area (Å²) in [5.74, 6) is -1.13. The van der Waals surface area contributed by atoms with Crippen LogP contribution < -0.4 is 5.32 Å². The van der Waals surface area contributed by atoms with Gasteiger partial charge in [-0.2, -0.15) is 0 Å². The Balaban J connectivity index is 2.25. The van der Waals surface area contributed by atoms with Crippen LogP contribution in [0.4, 0.5) is 10.1 Å². The Labute approximate surface area is 123 Å². The van der Waals surface area contributed by atoms with Crippen LogP contribution in [0, 0.1) is 5.82 Å². The summed E-state index contributed by atoms with van der Waals surface area (Å²) < 4.78 is 13.0. The maximum absolute atomic E-state index is 13.0. The summed E-state index contributed by atoms with van der Waals surface area (Å²) in [7, 11) is 0. The van der Waals surface area contributed by atoms with Crippen molar-refractivity contribution >= 4 is 46.4 Å². The van der Waals surface area contributed by atoms with Crippen LogP contribution in [0.1, 0.15) is 10.5 Å². The summed E-state index contributed by atoms with van der Waals surface area (Å²) in [6.45, 7) is 0. The second kappa shape index (κ2) is 5.74.